The van der Waals surface area contributed by atoms with Crippen LogP contribution in [-0.4, -0.2) is 23.7 Å². The molecule has 0 aromatic carbocycles. The Kier molecular flexibility index (Phi) is 3.85. The number of aromatic nitrogens is 2. The van der Waals surface area contributed by atoms with Crippen LogP contribution in [0.5, 0.6) is 0 Å². The molecule has 1 aliphatic rings. The van der Waals surface area contributed by atoms with E-state index in [9.17, 15) is 0 Å². The Labute approximate surface area is 96.2 Å². The lowest BCUT2D eigenvalue weighted by atomic mass is 9.93. The molecule has 1 heterocycles. The molecular weight excluding hydrogens is 202 g/mol. The molecule has 0 fully saturated rings. The number of nitrogens with two attached hydrogens (primary N) is 1. The van der Waals surface area contributed by atoms with Crippen LogP contribution in [0.25, 0.3) is 0 Å². The van der Waals surface area contributed by atoms with Crippen molar-refractivity contribution in [2.75, 3.05) is 13.7 Å². The first-order valence-corrected chi connectivity index (χ1v) is 5.90. The Morgan fingerprint density at radius 2 is 2.44 bits per heavy atom. The van der Waals surface area contributed by atoms with Crippen LogP contribution in [0.2, 0.25) is 0 Å². The maximum absolute atomic E-state index is 6.02. The molecule has 1 aromatic rings. The monoisotopic (exact) mass is 221 g/mol. The summed E-state index contributed by atoms with van der Waals surface area (Å²) in [5, 5.41) is 0. The molecule has 2 rings (SSSR count). The molecule has 16 heavy (non-hydrogen) atoms. The lowest BCUT2D eigenvalue weighted by Gasteiger charge is -2.20. The number of rotatable bonds is 4. The number of ether oxygens (including phenoxy) is 1. The van der Waals surface area contributed by atoms with Crippen molar-refractivity contribution in [1.29, 1.82) is 0 Å². The Hall–Kier alpha value is -1.00. The van der Waals surface area contributed by atoms with Crippen molar-refractivity contribution in [3.63, 3.8) is 0 Å². The molecule has 2 N–H and O–H groups in total. The summed E-state index contributed by atoms with van der Waals surface area (Å²) >= 11 is 0. The molecule has 1 aliphatic carbocycles. The summed E-state index contributed by atoms with van der Waals surface area (Å²) in [5.41, 5.74) is 8.31. The number of hydrogen-bond acceptors (Lipinski definition) is 4. The highest BCUT2D eigenvalue weighted by atomic mass is 16.5. The number of methoxy groups -OCH3 is 1. The Morgan fingerprint density at radius 3 is 3.25 bits per heavy atom. The number of hydrogen-bond donors (Lipinski definition) is 1. The lowest BCUT2D eigenvalue weighted by molar-refractivity contribution is 0.194. The van der Waals surface area contributed by atoms with E-state index in [0.717, 1.165) is 55.8 Å². The third-order valence-electron chi connectivity index (χ3n) is 3.03. The van der Waals surface area contributed by atoms with Crippen molar-refractivity contribution in [2.24, 2.45) is 5.73 Å². The Balaban J connectivity index is 2.06. The first-order valence-electron chi connectivity index (χ1n) is 5.90. The second kappa shape index (κ2) is 5.37. The average Bonchev–Trinajstić information content (AvgIpc) is 2.30. The van der Waals surface area contributed by atoms with Gasteiger partial charge in [0, 0.05) is 43.6 Å². The van der Waals surface area contributed by atoms with Gasteiger partial charge < -0.3 is 10.5 Å². The highest BCUT2D eigenvalue weighted by Gasteiger charge is 2.18. The molecule has 4 heteroatoms. The van der Waals surface area contributed by atoms with Gasteiger partial charge in [-0.25, -0.2) is 9.97 Å². The maximum atomic E-state index is 6.02. The van der Waals surface area contributed by atoms with Gasteiger partial charge in [0.2, 0.25) is 0 Å². The van der Waals surface area contributed by atoms with Crippen LogP contribution in [0, 0.1) is 0 Å². The van der Waals surface area contributed by atoms with E-state index in [1.165, 1.54) is 0 Å². The summed E-state index contributed by atoms with van der Waals surface area (Å²) in [6, 6.07) is 0.136. The fraction of sp³-hybridized carbons (Fsp3) is 0.667. The van der Waals surface area contributed by atoms with E-state index in [0.29, 0.717) is 0 Å². The first kappa shape index (κ1) is 11.5. The Bertz CT molecular complexity index is 354. The SMILES string of the molecule is COCCCc1ncc2c(n1)CCCC2N. The van der Waals surface area contributed by atoms with Crippen molar-refractivity contribution in [3.05, 3.63) is 23.3 Å². The van der Waals surface area contributed by atoms with Gasteiger partial charge in [0.15, 0.2) is 0 Å². The quantitative estimate of drug-likeness (QED) is 0.780. The maximum Gasteiger partial charge on any atom is 0.128 e. The van der Waals surface area contributed by atoms with Gasteiger partial charge in [-0.3, -0.25) is 0 Å². The summed E-state index contributed by atoms with van der Waals surface area (Å²) in [6.45, 7) is 0.764. The van der Waals surface area contributed by atoms with E-state index in [4.69, 9.17) is 10.5 Å². The molecular formula is C12H19N3O. The van der Waals surface area contributed by atoms with Crippen molar-refractivity contribution >= 4 is 0 Å². The fourth-order valence-electron chi connectivity index (χ4n) is 2.12. The summed E-state index contributed by atoms with van der Waals surface area (Å²) in [5.74, 6) is 0.921. The molecule has 0 saturated carbocycles. The number of aryl methyl sites for hydroxylation is 2. The lowest BCUT2D eigenvalue weighted by Crippen LogP contribution is -2.19. The minimum absolute atomic E-state index is 0.136. The van der Waals surface area contributed by atoms with Crippen LogP contribution in [0.1, 0.15) is 42.4 Å². The first-order chi connectivity index (χ1) is 7.81. The van der Waals surface area contributed by atoms with Gasteiger partial charge in [0.25, 0.3) is 0 Å². The number of fused-ring (bicyclic) bond motifs is 1. The van der Waals surface area contributed by atoms with Gasteiger partial charge in [-0.15, -0.1) is 0 Å². The molecule has 1 aromatic heterocycles. The van der Waals surface area contributed by atoms with E-state index >= 15 is 0 Å². The van der Waals surface area contributed by atoms with E-state index in [2.05, 4.69) is 9.97 Å². The van der Waals surface area contributed by atoms with Gasteiger partial charge in [0.1, 0.15) is 5.82 Å². The number of nitrogens with zero attached hydrogens (tertiary/aromatic N) is 2. The van der Waals surface area contributed by atoms with Crippen LogP contribution in [0.15, 0.2) is 6.20 Å². The standard InChI is InChI=1S/C12H19N3O/c1-16-7-3-6-12-14-8-9-10(13)4-2-5-11(9)15-12/h8,10H,2-7,13H2,1H3. The molecule has 0 aliphatic heterocycles. The van der Waals surface area contributed by atoms with Crippen LogP contribution in [0.3, 0.4) is 0 Å². The predicted octanol–water partition coefficient (Wildman–Crippen LogP) is 1.39. The summed E-state index contributed by atoms with van der Waals surface area (Å²) in [7, 11) is 1.72. The van der Waals surface area contributed by atoms with Gasteiger partial charge in [-0.1, -0.05) is 0 Å². The van der Waals surface area contributed by atoms with Gasteiger partial charge in [0.05, 0.1) is 0 Å². The molecule has 0 radical (unpaired) electrons. The molecule has 0 bridgehead atoms. The zero-order valence-electron chi connectivity index (χ0n) is 9.78. The fourth-order valence-corrected chi connectivity index (χ4v) is 2.12. The van der Waals surface area contributed by atoms with Crippen LogP contribution < -0.4 is 5.73 Å². The highest BCUT2D eigenvalue weighted by Crippen LogP contribution is 2.25. The zero-order valence-corrected chi connectivity index (χ0v) is 9.78. The molecule has 4 nitrogen and oxygen atoms in total. The van der Waals surface area contributed by atoms with Gasteiger partial charge >= 0.3 is 0 Å². The molecule has 0 saturated heterocycles. The average molecular weight is 221 g/mol. The normalized spacial score (nSPS) is 19.5. The van der Waals surface area contributed by atoms with E-state index in [1.54, 1.807) is 7.11 Å². The topological polar surface area (TPSA) is 61.0 Å². The molecule has 0 amide bonds. The summed E-state index contributed by atoms with van der Waals surface area (Å²) in [6.07, 6.45) is 7.01. The van der Waals surface area contributed by atoms with Crippen molar-refractivity contribution in [3.8, 4) is 0 Å². The highest BCUT2D eigenvalue weighted by molar-refractivity contribution is 5.24. The van der Waals surface area contributed by atoms with E-state index < -0.39 is 0 Å². The molecule has 88 valence electrons. The van der Waals surface area contributed by atoms with Crippen LogP contribution in [0.4, 0.5) is 0 Å². The third kappa shape index (κ3) is 2.57. The second-order valence-electron chi connectivity index (χ2n) is 4.28. The minimum atomic E-state index is 0.136. The Morgan fingerprint density at radius 1 is 1.56 bits per heavy atom. The summed E-state index contributed by atoms with van der Waals surface area (Å²) < 4.78 is 5.02. The summed E-state index contributed by atoms with van der Waals surface area (Å²) in [4.78, 5) is 8.96. The van der Waals surface area contributed by atoms with E-state index in [-0.39, 0.29) is 6.04 Å². The predicted molar refractivity (Wildman–Crippen MR) is 62.1 cm³/mol. The minimum Gasteiger partial charge on any atom is -0.385 e. The molecule has 1 atom stereocenters. The van der Waals surface area contributed by atoms with Crippen molar-refractivity contribution < 1.29 is 4.74 Å². The van der Waals surface area contributed by atoms with E-state index in [1.807, 2.05) is 6.20 Å². The largest absolute Gasteiger partial charge is 0.385 e. The van der Waals surface area contributed by atoms with Gasteiger partial charge in [-0.2, -0.15) is 0 Å². The molecule has 0 spiro atoms. The van der Waals surface area contributed by atoms with Crippen LogP contribution >= 0.6 is 0 Å². The smallest absolute Gasteiger partial charge is 0.128 e. The zero-order chi connectivity index (χ0) is 11.4. The van der Waals surface area contributed by atoms with Crippen molar-refractivity contribution in [2.45, 2.75) is 38.1 Å². The van der Waals surface area contributed by atoms with Gasteiger partial charge in [-0.05, 0) is 25.7 Å². The second-order valence-corrected chi connectivity index (χ2v) is 4.28. The molecule has 1 unspecified atom stereocenters. The van der Waals surface area contributed by atoms with Crippen molar-refractivity contribution in [1.82, 2.24) is 9.97 Å². The third-order valence-corrected chi connectivity index (χ3v) is 3.03. The van der Waals surface area contributed by atoms with Crippen LogP contribution in [-0.2, 0) is 17.6 Å².